The van der Waals surface area contributed by atoms with E-state index in [1.807, 2.05) is 14.0 Å². The number of carbonyl (C=O) groups excluding carboxylic acids is 1. The van der Waals surface area contributed by atoms with Gasteiger partial charge in [-0.05, 0) is 13.0 Å². The van der Waals surface area contributed by atoms with E-state index in [1.165, 1.54) is 0 Å². The Kier molecular flexibility index (Phi) is 8.57. The molecule has 84 valence electrons. The Morgan fingerprint density at radius 2 is 2.21 bits per heavy atom. The normalized spacial score (nSPS) is 10.2. The first kappa shape index (κ1) is 13.4. The number of carbonyl (C=O) groups is 1. The lowest BCUT2D eigenvalue weighted by molar-refractivity contribution is -0.129. The van der Waals surface area contributed by atoms with Gasteiger partial charge < -0.3 is 15.0 Å². The van der Waals surface area contributed by atoms with E-state index in [2.05, 4.69) is 5.32 Å². The molecule has 4 heteroatoms. The van der Waals surface area contributed by atoms with Crippen molar-refractivity contribution in [3.05, 3.63) is 0 Å². The van der Waals surface area contributed by atoms with Crippen molar-refractivity contribution >= 4 is 5.91 Å². The molecule has 0 heterocycles. The molecule has 1 N–H and O–H groups in total. The van der Waals surface area contributed by atoms with Crippen LogP contribution in [0.2, 0.25) is 0 Å². The fraction of sp³-hybridized carbons (Fsp3) is 0.900. The highest BCUT2D eigenvalue weighted by Crippen LogP contribution is 1.92. The van der Waals surface area contributed by atoms with Gasteiger partial charge in [0, 0.05) is 40.3 Å². The van der Waals surface area contributed by atoms with Gasteiger partial charge in [0.2, 0.25) is 5.91 Å². The summed E-state index contributed by atoms with van der Waals surface area (Å²) < 4.78 is 4.92. The van der Waals surface area contributed by atoms with E-state index in [0.717, 1.165) is 26.1 Å². The zero-order valence-corrected chi connectivity index (χ0v) is 9.51. The SMILES string of the molecule is CCNCCC(=O)N(C)CCCOC. The molecule has 0 atom stereocenters. The van der Waals surface area contributed by atoms with Gasteiger partial charge in [0.25, 0.3) is 0 Å². The van der Waals surface area contributed by atoms with Crippen LogP contribution in [0.5, 0.6) is 0 Å². The molecule has 0 unspecified atom stereocenters. The molecule has 0 aromatic heterocycles. The van der Waals surface area contributed by atoms with Crippen molar-refractivity contribution in [2.24, 2.45) is 0 Å². The summed E-state index contributed by atoms with van der Waals surface area (Å²) in [6.07, 6.45) is 1.48. The first-order valence-corrected chi connectivity index (χ1v) is 5.16. The monoisotopic (exact) mass is 202 g/mol. The molecule has 14 heavy (non-hydrogen) atoms. The standard InChI is InChI=1S/C10H22N2O2/c1-4-11-7-6-10(13)12(2)8-5-9-14-3/h11H,4-9H2,1-3H3. The predicted molar refractivity (Wildman–Crippen MR) is 57.3 cm³/mol. The zero-order chi connectivity index (χ0) is 10.8. The summed E-state index contributed by atoms with van der Waals surface area (Å²) in [6, 6.07) is 0. The summed E-state index contributed by atoms with van der Waals surface area (Å²) in [7, 11) is 3.51. The Bertz CT molecular complexity index is 151. The number of ether oxygens (including phenoxy) is 1. The lowest BCUT2D eigenvalue weighted by atomic mass is 10.3. The molecule has 0 aliphatic heterocycles. The van der Waals surface area contributed by atoms with Gasteiger partial charge in [-0.25, -0.2) is 0 Å². The van der Waals surface area contributed by atoms with Gasteiger partial charge in [-0.2, -0.15) is 0 Å². The summed E-state index contributed by atoms with van der Waals surface area (Å²) in [6.45, 7) is 5.21. The van der Waals surface area contributed by atoms with Crippen LogP contribution >= 0.6 is 0 Å². The Morgan fingerprint density at radius 1 is 1.50 bits per heavy atom. The molecule has 0 aromatic carbocycles. The van der Waals surface area contributed by atoms with E-state index >= 15 is 0 Å². The fourth-order valence-electron chi connectivity index (χ4n) is 1.13. The Hall–Kier alpha value is -0.610. The third-order valence-electron chi connectivity index (χ3n) is 2.03. The van der Waals surface area contributed by atoms with Crippen molar-refractivity contribution in [3.8, 4) is 0 Å². The van der Waals surface area contributed by atoms with Crippen LogP contribution in [0.4, 0.5) is 0 Å². The van der Waals surface area contributed by atoms with Gasteiger partial charge in [0.1, 0.15) is 0 Å². The maximum absolute atomic E-state index is 11.5. The van der Waals surface area contributed by atoms with E-state index in [9.17, 15) is 4.79 Å². The highest BCUT2D eigenvalue weighted by Gasteiger charge is 2.06. The maximum atomic E-state index is 11.5. The lowest BCUT2D eigenvalue weighted by Crippen LogP contribution is -2.31. The first-order valence-electron chi connectivity index (χ1n) is 5.16. The van der Waals surface area contributed by atoms with Crippen molar-refractivity contribution in [2.75, 3.05) is 40.4 Å². The van der Waals surface area contributed by atoms with E-state index in [-0.39, 0.29) is 5.91 Å². The average Bonchev–Trinajstić information content (AvgIpc) is 2.18. The minimum absolute atomic E-state index is 0.196. The van der Waals surface area contributed by atoms with E-state index in [0.29, 0.717) is 13.0 Å². The van der Waals surface area contributed by atoms with Crippen LogP contribution in [-0.4, -0.2) is 51.2 Å². The smallest absolute Gasteiger partial charge is 0.223 e. The predicted octanol–water partition coefficient (Wildman–Crippen LogP) is 0.481. The van der Waals surface area contributed by atoms with Crippen molar-refractivity contribution in [1.82, 2.24) is 10.2 Å². The van der Waals surface area contributed by atoms with Gasteiger partial charge >= 0.3 is 0 Å². The van der Waals surface area contributed by atoms with Crippen LogP contribution in [0.1, 0.15) is 19.8 Å². The van der Waals surface area contributed by atoms with Gasteiger partial charge in [-0.3, -0.25) is 4.79 Å². The van der Waals surface area contributed by atoms with E-state index in [4.69, 9.17) is 4.74 Å². The van der Waals surface area contributed by atoms with Gasteiger partial charge in [-0.15, -0.1) is 0 Å². The summed E-state index contributed by atoms with van der Waals surface area (Å²) in [5.41, 5.74) is 0. The minimum Gasteiger partial charge on any atom is -0.385 e. The number of hydrogen-bond acceptors (Lipinski definition) is 3. The number of nitrogens with zero attached hydrogens (tertiary/aromatic N) is 1. The van der Waals surface area contributed by atoms with Crippen LogP contribution in [0.3, 0.4) is 0 Å². The quantitative estimate of drug-likeness (QED) is 0.582. The largest absolute Gasteiger partial charge is 0.385 e. The molecule has 1 amide bonds. The third kappa shape index (κ3) is 6.86. The van der Waals surface area contributed by atoms with Crippen LogP contribution in [0.15, 0.2) is 0 Å². The minimum atomic E-state index is 0.196. The second kappa shape index (κ2) is 8.97. The molecule has 0 saturated heterocycles. The molecule has 0 bridgehead atoms. The van der Waals surface area contributed by atoms with Crippen LogP contribution < -0.4 is 5.32 Å². The van der Waals surface area contributed by atoms with Crippen molar-refractivity contribution in [3.63, 3.8) is 0 Å². The van der Waals surface area contributed by atoms with E-state index < -0.39 is 0 Å². The molecule has 0 spiro atoms. The summed E-state index contributed by atoms with van der Waals surface area (Å²) in [4.78, 5) is 13.2. The lowest BCUT2D eigenvalue weighted by Gasteiger charge is -2.16. The van der Waals surface area contributed by atoms with Crippen molar-refractivity contribution < 1.29 is 9.53 Å². The first-order chi connectivity index (χ1) is 6.72. The maximum Gasteiger partial charge on any atom is 0.223 e. The van der Waals surface area contributed by atoms with Crippen LogP contribution in [0, 0.1) is 0 Å². The van der Waals surface area contributed by atoms with Crippen molar-refractivity contribution in [2.45, 2.75) is 19.8 Å². The second-order valence-corrected chi connectivity index (χ2v) is 3.27. The molecule has 0 aliphatic rings. The molecule has 0 rings (SSSR count). The molecule has 0 radical (unpaired) electrons. The summed E-state index contributed by atoms with van der Waals surface area (Å²) >= 11 is 0. The summed E-state index contributed by atoms with van der Waals surface area (Å²) in [5, 5.41) is 3.13. The van der Waals surface area contributed by atoms with Crippen LogP contribution in [0.25, 0.3) is 0 Å². The molecular formula is C10H22N2O2. The number of methoxy groups -OCH3 is 1. The molecule has 4 nitrogen and oxygen atoms in total. The molecular weight excluding hydrogens is 180 g/mol. The Labute approximate surface area is 86.6 Å². The van der Waals surface area contributed by atoms with Crippen LogP contribution in [-0.2, 0) is 9.53 Å². The molecule has 0 aromatic rings. The molecule has 0 aliphatic carbocycles. The highest BCUT2D eigenvalue weighted by atomic mass is 16.5. The number of rotatable bonds is 8. The average molecular weight is 202 g/mol. The second-order valence-electron chi connectivity index (χ2n) is 3.27. The van der Waals surface area contributed by atoms with Gasteiger partial charge in [0.15, 0.2) is 0 Å². The van der Waals surface area contributed by atoms with E-state index in [1.54, 1.807) is 12.0 Å². The topological polar surface area (TPSA) is 41.6 Å². The molecule has 0 fully saturated rings. The fourth-order valence-corrected chi connectivity index (χ4v) is 1.13. The number of hydrogen-bond donors (Lipinski definition) is 1. The Morgan fingerprint density at radius 3 is 2.79 bits per heavy atom. The number of nitrogens with one attached hydrogen (secondary N) is 1. The third-order valence-corrected chi connectivity index (χ3v) is 2.03. The summed E-state index contributed by atoms with van der Waals surface area (Å²) in [5.74, 6) is 0.196. The highest BCUT2D eigenvalue weighted by molar-refractivity contribution is 5.75. The van der Waals surface area contributed by atoms with Gasteiger partial charge in [-0.1, -0.05) is 6.92 Å². The molecule has 0 saturated carbocycles. The van der Waals surface area contributed by atoms with Gasteiger partial charge in [0.05, 0.1) is 0 Å². The zero-order valence-electron chi connectivity index (χ0n) is 9.51. The Balaban J connectivity index is 3.44. The van der Waals surface area contributed by atoms with Crippen molar-refractivity contribution in [1.29, 1.82) is 0 Å². The number of amides is 1.